The van der Waals surface area contributed by atoms with E-state index in [0.717, 1.165) is 17.3 Å². The molecule has 1 aliphatic rings. The van der Waals surface area contributed by atoms with Crippen LogP contribution in [0.2, 0.25) is 0 Å². The van der Waals surface area contributed by atoms with Gasteiger partial charge in [-0.15, -0.1) is 0 Å². The van der Waals surface area contributed by atoms with Gasteiger partial charge in [0.1, 0.15) is 0 Å². The van der Waals surface area contributed by atoms with Gasteiger partial charge in [0.2, 0.25) is 0 Å². The van der Waals surface area contributed by atoms with E-state index in [-0.39, 0.29) is 11.6 Å². The van der Waals surface area contributed by atoms with E-state index in [1.54, 1.807) is 18.2 Å². The van der Waals surface area contributed by atoms with E-state index >= 15 is 0 Å². The van der Waals surface area contributed by atoms with E-state index in [1.807, 2.05) is 0 Å². The molecule has 6 heteroatoms. The van der Waals surface area contributed by atoms with Crippen molar-refractivity contribution in [3.63, 3.8) is 0 Å². The molecule has 1 heterocycles. The summed E-state index contributed by atoms with van der Waals surface area (Å²) >= 11 is 3.34. The molecule has 1 saturated heterocycles. The highest BCUT2D eigenvalue weighted by molar-refractivity contribution is 9.10. The molecule has 1 fully saturated rings. The Balaban J connectivity index is 2.15. The Hall–Kier alpha value is -0.880. The topological polar surface area (TPSA) is 66.4 Å². The van der Waals surface area contributed by atoms with Crippen LogP contribution in [0, 0.1) is 0 Å². The number of aromatic carboxylic acids is 1. The van der Waals surface area contributed by atoms with Crippen molar-refractivity contribution in [1.29, 1.82) is 0 Å². The summed E-state index contributed by atoms with van der Waals surface area (Å²) in [5.74, 6) is 0.437. The number of anilines is 1. The van der Waals surface area contributed by atoms with Gasteiger partial charge in [-0.3, -0.25) is 4.21 Å². The van der Waals surface area contributed by atoms with E-state index in [1.165, 1.54) is 0 Å². The fraction of sp³-hybridized carbons (Fsp3) is 0.417. The van der Waals surface area contributed by atoms with Gasteiger partial charge in [-0.25, -0.2) is 4.79 Å². The zero-order valence-corrected chi connectivity index (χ0v) is 12.1. The van der Waals surface area contributed by atoms with Gasteiger partial charge in [0.05, 0.1) is 11.3 Å². The molecule has 1 aromatic rings. The Morgan fingerprint density at radius 2 is 2.06 bits per heavy atom. The summed E-state index contributed by atoms with van der Waals surface area (Å²) in [7, 11) is -0.703. The van der Waals surface area contributed by atoms with Crippen molar-refractivity contribution in [2.24, 2.45) is 0 Å². The van der Waals surface area contributed by atoms with E-state index in [4.69, 9.17) is 5.11 Å². The van der Waals surface area contributed by atoms with Crippen molar-refractivity contribution in [2.45, 2.75) is 18.9 Å². The first kappa shape index (κ1) is 13.5. The molecule has 0 radical (unpaired) electrons. The maximum absolute atomic E-state index is 11.3. The monoisotopic (exact) mass is 331 g/mol. The third kappa shape index (κ3) is 3.32. The van der Waals surface area contributed by atoms with E-state index in [2.05, 4.69) is 21.2 Å². The van der Waals surface area contributed by atoms with Gasteiger partial charge in [0, 0.05) is 32.8 Å². The van der Waals surface area contributed by atoms with Crippen molar-refractivity contribution in [1.82, 2.24) is 0 Å². The summed E-state index contributed by atoms with van der Waals surface area (Å²) in [5, 5.41) is 12.4. The predicted octanol–water partition coefficient (Wildman–Crippen LogP) is 2.47. The Kier molecular flexibility index (Phi) is 4.40. The summed E-state index contributed by atoms with van der Waals surface area (Å²) < 4.78 is 12.1. The highest BCUT2D eigenvalue weighted by Crippen LogP contribution is 2.24. The molecule has 18 heavy (non-hydrogen) atoms. The van der Waals surface area contributed by atoms with Crippen LogP contribution in [-0.2, 0) is 10.8 Å². The third-order valence-electron chi connectivity index (χ3n) is 2.96. The van der Waals surface area contributed by atoms with Crippen molar-refractivity contribution >= 4 is 38.4 Å². The van der Waals surface area contributed by atoms with Crippen molar-refractivity contribution in [3.8, 4) is 0 Å². The lowest BCUT2D eigenvalue weighted by Gasteiger charge is -2.24. The Morgan fingerprint density at radius 1 is 1.39 bits per heavy atom. The second-order valence-electron chi connectivity index (χ2n) is 4.26. The second kappa shape index (κ2) is 5.84. The summed E-state index contributed by atoms with van der Waals surface area (Å²) in [6.45, 7) is 0. The maximum atomic E-state index is 11.3. The van der Waals surface area contributed by atoms with Gasteiger partial charge >= 0.3 is 5.97 Å². The number of carbonyl (C=O) groups is 1. The molecular weight excluding hydrogens is 318 g/mol. The fourth-order valence-corrected chi connectivity index (χ4v) is 3.64. The quantitative estimate of drug-likeness (QED) is 0.892. The second-order valence-corrected chi connectivity index (χ2v) is 6.87. The molecule has 2 rings (SSSR count). The Morgan fingerprint density at radius 3 is 2.67 bits per heavy atom. The highest BCUT2D eigenvalue weighted by atomic mass is 79.9. The van der Waals surface area contributed by atoms with Crippen LogP contribution >= 0.6 is 15.9 Å². The third-order valence-corrected chi connectivity index (χ3v) is 4.83. The van der Waals surface area contributed by atoms with Crippen LogP contribution in [0.15, 0.2) is 22.7 Å². The minimum atomic E-state index is -0.940. The zero-order valence-electron chi connectivity index (χ0n) is 9.69. The van der Waals surface area contributed by atoms with Crippen LogP contribution in [-0.4, -0.2) is 32.8 Å². The molecule has 0 atom stereocenters. The van der Waals surface area contributed by atoms with Crippen LogP contribution in [0.3, 0.4) is 0 Å². The number of halogens is 1. The van der Waals surface area contributed by atoms with Gasteiger partial charge in [-0.2, -0.15) is 0 Å². The van der Waals surface area contributed by atoms with E-state index < -0.39 is 16.8 Å². The van der Waals surface area contributed by atoms with Crippen molar-refractivity contribution in [3.05, 3.63) is 28.2 Å². The normalized spacial score (nSPS) is 23.6. The molecule has 1 aliphatic heterocycles. The SMILES string of the molecule is O=C(O)c1ccc(Br)cc1NC1CCS(=O)CC1. The molecule has 4 nitrogen and oxygen atoms in total. The maximum Gasteiger partial charge on any atom is 0.337 e. The zero-order chi connectivity index (χ0) is 13.1. The molecule has 0 bridgehead atoms. The number of hydrogen-bond donors (Lipinski definition) is 2. The first-order valence-electron chi connectivity index (χ1n) is 5.70. The highest BCUT2D eigenvalue weighted by Gasteiger charge is 2.19. The molecule has 1 aromatic carbocycles. The van der Waals surface area contributed by atoms with E-state index in [9.17, 15) is 9.00 Å². The fourth-order valence-electron chi connectivity index (χ4n) is 1.98. The van der Waals surface area contributed by atoms with Crippen LogP contribution in [0.4, 0.5) is 5.69 Å². The lowest BCUT2D eigenvalue weighted by molar-refractivity contribution is 0.0698. The van der Waals surface area contributed by atoms with Gasteiger partial charge in [0.25, 0.3) is 0 Å². The molecule has 0 saturated carbocycles. The predicted molar refractivity (Wildman–Crippen MR) is 75.6 cm³/mol. The van der Waals surface area contributed by atoms with Crippen LogP contribution in [0.1, 0.15) is 23.2 Å². The molecule has 0 aromatic heterocycles. The van der Waals surface area contributed by atoms with E-state index in [0.29, 0.717) is 17.2 Å². The van der Waals surface area contributed by atoms with Crippen molar-refractivity contribution < 1.29 is 14.1 Å². The molecule has 0 spiro atoms. The molecular formula is C12H14BrNO3S. The largest absolute Gasteiger partial charge is 0.478 e. The number of rotatable bonds is 3. The lowest BCUT2D eigenvalue weighted by Crippen LogP contribution is -2.30. The van der Waals surface area contributed by atoms with Crippen LogP contribution in [0.25, 0.3) is 0 Å². The first-order chi connectivity index (χ1) is 8.56. The number of nitrogens with one attached hydrogen (secondary N) is 1. The van der Waals surface area contributed by atoms with Crippen LogP contribution in [0.5, 0.6) is 0 Å². The van der Waals surface area contributed by atoms with Gasteiger partial charge in [-0.05, 0) is 31.0 Å². The minimum absolute atomic E-state index is 0.204. The Bertz CT molecular complexity index is 482. The van der Waals surface area contributed by atoms with Gasteiger partial charge in [0.15, 0.2) is 0 Å². The average Bonchev–Trinajstić information content (AvgIpc) is 2.32. The molecule has 0 amide bonds. The molecule has 0 aliphatic carbocycles. The van der Waals surface area contributed by atoms with Crippen LogP contribution < -0.4 is 5.32 Å². The van der Waals surface area contributed by atoms with Gasteiger partial charge < -0.3 is 10.4 Å². The number of benzene rings is 1. The number of carboxylic acid groups (broad SMARTS) is 1. The summed E-state index contributed by atoms with van der Waals surface area (Å²) in [5.41, 5.74) is 0.888. The Labute approximate surface area is 116 Å². The first-order valence-corrected chi connectivity index (χ1v) is 7.98. The number of carboxylic acids is 1. The number of hydrogen-bond acceptors (Lipinski definition) is 3. The van der Waals surface area contributed by atoms with Crippen molar-refractivity contribution in [2.75, 3.05) is 16.8 Å². The summed E-state index contributed by atoms with van der Waals surface area (Å²) in [4.78, 5) is 11.1. The smallest absolute Gasteiger partial charge is 0.337 e. The molecule has 98 valence electrons. The minimum Gasteiger partial charge on any atom is -0.478 e. The molecule has 0 unspecified atom stereocenters. The summed E-state index contributed by atoms with van der Waals surface area (Å²) in [6, 6.07) is 5.27. The molecule has 2 N–H and O–H groups in total. The average molecular weight is 332 g/mol. The lowest BCUT2D eigenvalue weighted by atomic mass is 10.1. The standard InChI is InChI=1S/C12H14BrNO3S/c13-8-1-2-10(12(15)16)11(7-8)14-9-3-5-18(17)6-4-9/h1-2,7,9,14H,3-6H2,(H,15,16). The van der Waals surface area contributed by atoms with Gasteiger partial charge in [-0.1, -0.05) is 15.9 Å². The summed E-state index contributed by atoms with van der Waals surface area (Å²) in [6.07, 6.45) is 1.64.